The van der Waals surface area contributed by atoms with E-state index in [1.807, 2.05) is 50.2 Å². The van der Waals surface area contributed by atoms with Gasteiger partial charge in [-0.15, -0.1) is 0 Å². The van der Waals surface area contributed by atoms with Crippen molar-refractivity contribution in [1.29, 1.82) is 0 Å². The summed E-state index contributed by atoms with van der Waals surface area (Å²) in [7, 11) is 0. The average Bonchev–Trinajstić information content (AvgIpc) is 3.06. The van der Waals surface area contributed by atoms with Crippen molar-refractivity contribution in [1.82, 2.24) is 20.5 Å². The molecule has 6 bridgehead atoms. The Morgan fingerprint density at radius 3 is 2.60 bits per heavy atom. The summed E-state index contributed by atoms with van der Waals surface area (Å²) in [6.07, 6.45) is 2.91. The molecule has 0 unspecified atom stereocenters. The summed E-state index contributed by atoms with van der Waals surface area (Å²) in [5.74, 6) is -0.728. The van der Waals surface area contributed by atoms with Gasteiger partial charge in [0.25, 0.3) is 11.8 Å². The molecule has 3 aromatic carbocycles. The molecule has 0 spiro atoms. The maximum absolute atomic E-state index is 14.7. The lowest BCUT2D eigenvalue weighted by Gasteiger charge is -2.42. The Bertz CT molecular complexity index is 1780. The number of hydrogen-bond donors (Lipinski definition) is 3. The highest BCUT2D eigenvalue weighted by Gasteiger charge is 2.39. The summed E-state index contributed by atoms with van der Waals surface area (Å²) in [5.41, 5.74) is 2.11. The number of benzene rings is 3. The minimum Gasteiger partial charge on any atom is -0.488 e. The first-order chi connectivity index (χ1) is 22.6. The highest BCUT2D eigenvalue weighted by molar-refractivity contribution is 5.95. The van der Waals surface area contributed by atoms with Gasteiger partial charge >= 0.3 is 0 Å². The molecular formula is C36H36FN5O5. The van der Waals surface area contributed by atoms with Gasteiger partial charge in [-0.05, 0) is 67.4 Å². The number of nitrogens with one attached hydrogen (secondary N) is 3. The third-order valence-electron chi connectivity index (χ3n) is 8.16. The number of para-hydroxylation sites is 1. The van der Waals surface area contributed by atoms with Crippen molar-refractivity contribution in [2.45, 2.75) is 44.5 Å². The molecule has 10 nitrogen and oxygen atoms in total. The fraction of sp³-hybridized carbons (Fsp3) is 0.278. The summed E-state index contributed by atoms with van der Waals surface area (Å²) >= 11 is 0. The number of halogens is 1. The molecule has 2 aliphatic heterocycles. The molecule has 3 heterocycles. The standard InChI is InChI=1S/C36H36FN5O5/c1-36(2,41-28-8-4-3-5-9-28)35(45)42-12-11-32-31(21-42)40-34(44)26-15-25(19-38-20-26)24-7-6-10-29(16-24)46-22-33(43)39-18-23-13-27(37)17-30(14-23)47-32/h3-10,13-17,19-20,31-32,41H,11-12,18,21-22H2,1-2H3,(H,39,43)(H,40,44)/t31-,32+/m1/s1. The van der Waals surface area contributed by atoms with Gasteiger partial charge in [0, 0.05) is 55.8 Å². The van der Waals surface area contributed by atoms with Crippen molar-refractivity contribution in [2.75, 3.05) is 25.0 Å². The number of amides is 3. The Morgan fingerprint density at radius 1 is 0.957 bits per heavy atom. The third-order valence-corrected chi connectivity index (χ3v) is 8.16. The van der Waals surface area contributed by atoms with Gasteiger partial charge in [0.2, 0.25) is 5.91 Å². The molecule has 6 rings (SSSR count). The van der Waals surface area contributed by atoms with E-state index in [2.05, 4.69) is 20.9 Å². The fourth-order valence-corrected chi connectivity index (χ4v) is 5.83. The number of fused-ring (bicyclic) bond motifs is 8. The van der Waals surface area contributed by atoms with Crippen molar-refractivity contribution in [3.05, 3.63) is 108 Å². The van der Waals surface area contributed by atoms with Gasteiger partial charge in [0.1, 0.15) is 29.0 Å². The zero-order valence-electron chi connectivity index (χ0n) is 26.2. The first-order valence-corrected chi connectivity index (χ1v) is 15.5. The van der Waals surface area contributed by atoms with Crippen LogP contribution >= 0.6 is 0 Å². The molecule has 1 aromatic heterocycles. The Labute approximate surface area is 272 Å². The second-order valence-corrected chi connectivity index (χ2v) is 12.2. The van der Waals surface area contributed by atoms with E-state index in [9.17, 15) is 18.8 Å². The van der Waals surface area contributed by atoms with E-state index in [0.29, 0.717) is 35.4 Å². The van der Waals surface area contributed by atoms with Gasteiger partial charge in [0.15, 0.2) is 6.61 Å². The first-order valence-electron chi connectivity index (χ1n) is 15.5. The molecule has 2 atom stereocenters. The van der Waals surface area contributed by atoms with Crippen LogP contribution in [-0.4, -0.2) is 65.0 Å². The molecule has 1 saturated heterocycles. The van der Waals surface area contributed by atoms with Crippen molar-refractivity contribution in [2.24, 2.45) is 0 Å². The van der Waals surface area contributed by atoms with E-state index in [-0.39, 0.29) is 37.3 Å². The minimum atomic E-state index is -0.939. The number of ether oxygens (including phenoxy) is 2. The van der Waals surface area contributed by atoms with Crippen LogP contribution in [0.3, 0.4) is 0 Å². The van der Waals surface area contributed by atoms with Crippen molar-refractivity contribution in [3.8, 4) is 22.6 Å². The quantitative estimate of drug-likeness (QED) is 0.301. The molecule has 1 fully saturated rings. The number of piperidine rings is 1. The molecular weight excluding hydrogens is 601 g/mol. The number of aromatic nitrogens is 1. The monoisotopic (exact) mass is 637 g/mol. The molecule has 47 heavy (non-hydrogen) atoms. The zero-order valence-corrected chi connectivity index (χ0v) is 26.2. The van der Waals surface area contributed by atoms with Crippen molar-refractivity contribution in [3.63, 3.8) is 0 Å². The Kier molecular flexibility index (Phi) is 9.05. The Morgan fingerprint density at radius 2 is 1.77 bits per heavy atom. The van der Waals surface area contributed by atoms with Crippen LogP contribution in [0.5, 0.6) is 11.5 Å². The number of carbonyl (C=O) groups excluding carboxylic acids is 3. The number of rotatable bonds is 3. The second-order valence-electron chi connectivity index (χ2n) is 12.2. The van der Waals surface area contributed by atoms with Gasteiger partial charge in [-0.3, -0.25) is 19.4 Å². The van der Waals surface area contributed by atoms with Gasteiger partial charge in [-0.25, -0.2) is 4.39 Å². The van der Waals surface area contributed by atoms with Gasteiger partial charge in [-0.2, -0.15) is 0 Å². The Balaban J connectivity index is 1.31. The van der Waals surface area contributed by atoms with E-state index in [0.717, 1.165) is 11.3 Å². The van der Waals surface area contributed by atoms with Gasteiger partial charge in [0.05, 0.1) is 11.6 Å². The number of likely N-dealkylation sites (tertiary alicyclic amines) is 1. The minimum absolute atomic E-state index is 0.0600. The van der Waals surface area contributed by atoms with Crippen LogP contribution in [0.1, 0.15) is 36.2 Å². The third kappa shape index (κ3) is 7.69. The van der Waals surface area contributed by atoms with E-state index in [4.69, 9.17) is 9.47 Å². The molecule has 0 radical (unpaired) electrons. The van der Waals surface area contributed by atoms with Crippen LogP contribution in [0.2, 0.25) is 0 Å². The van der Waals surface area contributed by atoms with E-state index >= 15 is 0 Å². The molecule has 0 saturated carbocycles. The van der Waals surface area contributed by atoms with E-state index in [1.54, 1.807) is 41.4 Å². The predicted octanol–water partition coefficient (Wildman–Crippen LogP) is 4.57. The molecule has 11 heteroatoms. The predicted molar refractivity (Wildman–Crippen MR) is 174 cm³/mol. The van der Waals surface area contributed by atoms with Crippen LogP contribution in [0.4, 0.5) is 10.1 Å². The lowest BCUT2D eigenvalue weighted by atomic mass is 9.96. The SMILES string of the molecule is CC(C)(Nc1ccccc1)C(=O)N1CC[C@@H]2Oc3cc(F)cc(c3)CNC(=O)COc3cccc(c3)-c3cncc(c3)C(=O)N[C@@H]2C1. The Hall–Kier alpha value is -5.45. The molecule has 3 N–H and O–H groups in total. The normalized spacial score (nSPS) is 18.5. The topological polar surface area (TPSA) is 122 Å². The van der Waals surface area contributed by atoms with E-state index < -0.39 is 29.4 Å². The number of carbonyl (C=O) groups is 3. The fourth-order valence-electron chi connectivity index (χ4n) is 5.83. The van der Waals surface area contributed by atoms with Gasteiger partial charge < -0.3 is 30.3 Å². The van der Waals surface area contributed by atoms with Crippen molar-refractivity contribution < 1.29 is 28.2 Å². The van der Waals surface area contributed by atoms with E-state index in [1.165, 1.54) is 18.3 Å². The molecule has 0 aliphatic carbocycles. The maximum atomic E-state index is 14.7. The first kappa shape index (κ1) is 31.5. The maximum Gasteiger partial charge on any atom is 0.258 e. The second kappa shape index (κ2) is 13.5. The van der Waals surface area contributed by atoms with Crippen LogP contribution in [0.15, 0.2) is 91.3 Å². The molecule has 4 aromatic rings. The summed E-state index contributed by atoms with van der Waals surface area (Å²) in [6.45, 7) is 3.99. The number of pyridine rings is 1. The molecule has 2 aliphatic rings. The molecule has 242 valence electrons. The largest absolute Gasteiger partial charge is 0.488 e. The summed E-state index contributed by atoms with van der Waals surface area (Å²) < 4.78 is 26.7. The summed E-state index contributed by atoms with van der Waals surface area (Å²) in [6, 6.07) is 21.9. The van der Waals surface area contributed by atoms with Crippen LogP contribution in [0, 0.1) is 5.82 Å². The van der Waals surface area contributed by atoms with Crippen molar-refractivity contribution >= 4 is 23.4 Å². The lowest BCUT2D eigenvalue weighted by Crippen LogP contribution is -2.61. The van der Waals surface area contributed by atoms with Gasteiger partial charge in [-0.1, -0.05) is 30.3 Å². The van der Waals surface area contributed by atoms with Crippen LogP contribution in [-0.2, 0) is 16.1 Å². The highest BCUT2D eigenvalue weighted by atomic mass is 19.1. The number of hydrogen-bond acceptors (Lipinski definition) is 7. The lowest BCUT2D eigenvalue weighted by molar-refractivity contribution is -0.137. The average molecular weight is 638 g/mol. The number of anilines is 1. The molecule has 3 amide bonds. The highest BCUT2D eigenvalue weighted by Crippen LogP contribution is 2.27. The zero-order chi connectivity index (χ0) is 33.0. The smallest absolute Gasteiger partial charge is 0.258 e. The summed E-state index contributed by atoms with van der Waals surface area (Å²) in [5, 5.41) is 9.14. The van der Waals surface area contributed by atoms with Crippen LogP contribution < -0.4 is 25.4 Å². The summed E-state index contributed by atoms with van der Waals surface area (Å²) in [4.78, 5) is 46.2. The number of nitrogens with zero attached hydrogens (tertiary/aromatic N) is 2. The van der Waals surface area contributed by atoms with Crippen LogP contribution in [0.25, 0.3) is 11.1 Å².